The van der Waals surface area contributed by atoms with Crippen molar-refractivity contribution in [1.82, 2.24) is 15.5 Å². The second kappa shape index (κ2) is 9.06. The van der Waals surface area contributed by atoms with Crippen molar-refractivity contribution < 1.29 is 4.79 Å². The topological polar surface area (TPSA) is 56.7 Å². The minimum atomic E-state index is 0.0123. The van der Waals surface area contributed by atoms with E-state index >= 15 is 0 Å². The van der Waals surface area contributed by atoms with Gasteiger partial charge in [-0.25, -0.2) is 4.99 Å². The maximum atomic E-state index is 11.8. The molecule has 0 aromatic carbocycles. The fourth-order valence-electron chi connectivity index (χ4n) is 3.10. The number of amides is 1. The molecule has 24 heavy (non-hydrogen) atoms. The van der Waals surface area contributed by atoms with Crippen molar-refractivity contribution in [1.29, 1.82) is 0 Å². The Kier molecular flexibility index (Phi) is 7.09. The van der Waals surface area contributed by atoms with Gasteiger partial charge in [0.1, 0.15) is 6.54 Å². The molecule has 1 fully saturated rings. The van der Waals surface area contributed by atoms with Gasteiger partial charge in [0, 0.05) is 25.5 Å². The zero-order chi connectivity index (χ0) is 17.4. The normalized spacial score (nSPS) is 16.9. The molecule has 1 aromatic heterocycles. The molecule has 1 amide bonds. The van der Waals surface area contributed by atoms with Crippen LogP contribution in [0.5, 0.6) is 0 Å². The summed E-state index contributed by atoms with van der Waals surface area (Å²) in [5.74, 6) is 0.747. The lowest BCUT2D eigenvalue weighted by molar-refractivity contribution is -0.127. The van der Waals surface area contributed by atoms with Crippen LogP contribution in [0.2, 0.25) is 0 Å². The van der Waals surface area contributed by atoms with Crippen molar-refractivity contribution in [3.05, 3.63) is 22.4 Å². The fraction of sp³-hybridized carbons (Fsp3) is 0.667. The highest BCUT2D eigenvalue weighted by Crippen LogP contribution is 2.40. The molecule has 1 heterocycles. The van der Waals surface area contributed by atoms with Crippen molar-refractivity contribution >= 4 is 23.2 Å². The van der Waals surface area contributed by atoms with E-state index in [2.05, 4.69) is 34.0 Å². The van der Waals surface area contributed by atoms with Gasteiger partial charge in [0.05, 0.1) is 6.54 Å². The maximum absolute atomic E-state index is 11.8. The summed E-state index contributed by atoms with van der Waals surface area (Å²) in [7, 11) is 3.52. The van der Waals surface area contributed by atoms with Crippen molar-refractivity contribution in [3.8, 4) is 0 Å². The van der Waals surface area contributed by atoms with E-state index in [4.69, 9.17) is 0 Å². The third kappa shape index (κ3) is 5.51. The first-order valence-electron chi connectivity index (χ1n) is 8.79. The van der Waals surface area contributed by atoms with Gasteiger partial charge in [0.25, 0.3) is 0 Å². The van der Waals surface area contributed by atoms with Crippen LogP contribution in [0.25, 0.3) is 0 Å². The Hall–Kier alpha value is -1.56. The van der Waals surface area contributed by atoms with Crippen LogP contribution >= 0.6 is 11.3 Å². The molecular weight excluding hydrogens is 320 g/mol. The molecule has 2 rings (SSSR count). The molecule has 0 spiro atoms. The molecule has 1 aliphatic rings. The van der Waals surface area contributed by atoms with Crippen LogP contribution in [0.3, 0.4) is 0 Å². The van der Waals surface area contributed by atoms with E-state index in [1.807, 2.05) is 6.07 Å². The summed E-state index contributed by atoms with van der Waals surface area (Å²) in [4.78, 5) is 19.1. The molecule has 0 aliphatic heterocycles. The quantitative estimate of drug-likeness (QED) is 0.587. The van der Waals surface area contributed by atoms with Gasteiger partial charge < -0.3 is 15.5 Å². The average molecular weight is 351 g/mol. The predicted octanol–water partition coefficient (Wildman–Crippen LogP) is 2.84. The molecule has 1 saturated carbocycles. The first kappa shape index (κ1) is 18.8. The molecule has 0 atom stereocenters. The number of guanidine groups is 1. The summed E-state index contributed by atoms with van der Waals surface area (Å²) in [6, 6.07) is 4.15. The summed E-state index contributed by atoms with van der Waals surface area (Å²) in [6.45, 7) is 4.11. The van der Waals surface area contributed by atoms with Crippen molar-refractivity contribution in [2.75, 3.05) is 27.2 Å². The van der Waals surface area contributed by atoms with Gasteiger partial charge in [0.15, 0.2) is 5.96 Å². The number of nitrogens with zero attached hydrogens (tertiary/aromatic N) is 2. The van der Waals surface area contributed by atoms with Crippen LogP contribution in [0.1, 0.15) is 43.9 Å². The highest BCUT2D eigenvalue weighted by molar-refractivity contribution is 7.09. The van der Waals surface area contributed by atoms with Crippen LogP contribution in [-0.2, 0) is 11.3 Å². The molecule has 0 saturated heterocycles. The third-order valence-corrected chi connectivity index (χ3v) is 5.80. The number of hydrogen-bond acceptors (Lipinski definition) is 3. The molecular formula is C18H30N4OS. The highest BCUT2D eigenvalue weighted by Gasteiger charge is 2.31. The van der Waals surface area contributed by atoms with Crippen LogP contribution < -0.4 is 10.6 Å². The molecule has 2 N–H and O–H groups in total. The van der Waals surface area contributed by atoms with Gasteiger partial charge >= 0.3 is 0 Å². The van der Waals surface area contributed by atoms with E-state index in [0.717, 1.165) is 19.0 Å². The summed E-state index contributed by atoms with van der Waals surface area (Å²) in [5.41, 5.74) is 0.386. The Morgan fingerprint density at radius 1 is 1.33 bits per heavy atom. The number of thiophene rings is 1. The zero-order valence-corrected chi connectivity index (χ0v) is 15.9. The van der Waals surface area contributed by atoms with Gasteiger partial charge in [-0.15, -0.1) is 11.3 Å². The van der Waals surface area contributed by atoms with E-state index in [9.17, 15) is 4.79 Å². The average Bonchev–Trinajstić information content (AvgIpc) is 3.26. The largest absolute Gasteiger partial charge is 0.356 e. The van der Waals surface area contributed by atoms with Crippen LogP contribution in [0.15, 0.2) is 22.5 Å². The second-order valence-electron chi connectivity index (χ2n) is 6.80. The van der Waals surface area contributed by atoms with Gasteiger partial charge in [-0.05, 0) is 36.1 Å². The first-order valence-corrected chi connectivity index (χ1v) is 9.67. The van der Waals surface area contributed by atoms with Crippen molar-refractivity contribution in [3.63, 3.8) is 0 Å². The van der Waals surface area contributed by atoms with E-state index in [1.165, 1.54) is 37.0 Å². The van der Waals surface area contributed by atoms with Crippen LogP contribution in [0.4, 0.5) is 0 Å². The number of likely N-dealkylation sites (N-methyl/N-ethyl adjacent to an activating group) is 1. The third-order valence-electron chi connectivity index (χ3n) is 4.93. The SMILES string of the molecule is CCC1(CNC(=NCC(=O)N(C)C)NCc2cccs2)CCCC1. The van der Waals surface area contributed by atoms with Gasteiger partial charge in [-0.3, -0.25) is 4.79 Å². The minimum absolute atomic E-state index is 0.0123. The number of rotatable bonds is 7. The van der Waals surface area contributed by atoms with Gasteiger partial charge in [-0.1, -0.05) is 25.8 Å². The van der Waals surface area contributed by atoms with Gasteiger partial charge in [0.2, 0.25) is 5.91 Å². The lowest BCUT2D eigenvalue weighted by atomic mass is 9.83. The first-order chi connectivity index (χ1) is 11.5. The van der Waals surface area contributed by atoms with Crippen molar-refractivity contribution in [2.45, 2.75) is 45.6 Å². The number of nitrogens with one attached hydrogen (secondary N) is 2. The minimum Gasteiger partial charge on any atom is -0.356 e. The number of hydrogen-bond donors (Lipinski definition) is 2. The zero-order valence-electron chi connectivity index (χ0n) is 15.1. The predicted molar refractivity (Wildman–Crippen MR) is 101 cm³/mol. The van der Waals surface area contributed by atoms with E-state index in [-0.39, 0.29) is 12.5 Å². The van der Waals surface area contributed by atoms with Gasteiger partial charge in [-0.2, -0.15) is 0 Å². The molecule has 1 aliphatic carbocycles. The van der Waals surface area contributed by atoms with Crippen LogP contribution in [0, 0.1) is 5.41 Å². The Morgan fingerprint density at radius 3 is 2.67 bits per heavy atom. The van der Waals surface area contributed by atoms with E-state index < -0.39 is 0 Å². The monoisotopic (exact) mass is 350 g/mol. The second-order valence-corrected chi connectivity index (χ2v) is 7.83. The number of carbonyl (C=O) groups is 1. The summed E-state index contributed by atoms with van der Waals surface area (Å²) < 4.78 is 0. The van der Waals surface area contributed by atoms with Crippen molar-refractivity contribution in [2.24, 2.45) is 10.4 Å². The Bertz CT molecular complexity index is 533. The van der Waals surface area contributed by atoms with E-state index in [1.54, 1.807) is 30.3 Å². The molecule has 0 bridgehead atoms. The molecule has 5 nitrogen and oxygen atoms in total. The maximum Gasteiger partial charge on any atom is 0.243 e. The lowest BCUT2D eigenvalue weighted by Crippen LogP contribution is -2.43. The fourth-order valence-corrected chi connectivity index (χ4v) is 3.74. The molecule has 134 valence electrons. The Labute approximate surface area is 149 Å². The number of carbonyl (C=O) groups excluding carboxylic acids is 1. The summed E-state index contributed by atoms with van der Waals surface area (Å²) >= 11 is 1.72. The molecule has 0 radical (unpaired) electrons. The molecule has 6 heteroatoms. The molecule has 1 aromatic rings. The summed E-state index contributed by atoms with van der Waals surface area (Å²) in [6.07, 6.45) is 6.40. The highest BCUT2D eigenvalue weighted by atomic mass is 32.1. The molecule has 0 unspecified atom stereocenters. The lowest BCUT2D eigenvalue weighted by Gasteiger charge is -2.28. The number of aliphatic imine (C=N–C) groups is 1. The summed E-state index contributed by atoms with van der Waals surface area (Å²) in [5, 5.41) is 8.91. The Morgan fingerprint density at radius 2 is 2.08 bits per heavy atom. The van der Waals surface area contributed by atoms with E-state index in [0.29, 0.717) is 5.41 Å². The van der Waals surface area contributed by atoms with Crippen LogP contribution in [-0.4, -0.2) is 44.0 Å². The smallest absolute Gasteiger partial charge is 0.243 e. The Balaban J connectivity index is 1.95. The standard InChI is InChI=1S/C18H30N4OS/c1-4-18(9-5-6-10-18)14-21-17(20-13-16(23)22(2)3)19-12-15-8-7-11-24-15/h7-8,11H,4-6,9-10,12-14H2,1-3H3,(H2,19,20,21).